The molecule has 1 aromatic rings. The molecule has 0 aliphatic carbocycles. The first-order valence-electron chi connectivity index (χ1n) is 4.97. The largest absolute Gasteiger partial charge is 0.370 e. The third kappa shape index (κ3) is 3.30. The van der Waals surface area contributed by atoms with Gasteiger partial charge < -0.3 is 4.74 Å². The van der Waals surface area contributed by atoms with Gasteiger partial charge >= 0.3 is 0 Å². The van der Waals surface area contributed by atoms with Crippen molar-refractivity contribution in [2.75, 3.05) is 6.61 Å². The second-order valence-electron chi connectivity index (χ2n) is 3.59. The highest BCUT2D eigenvalue weighted by atomic mass is 35.5. The van der Waals surface area contributed by atoms with E-state index in [4.69, 9.17) is 16.3 Å². The van der Waals surface area contributed by atoms with Crippen molar-refractivity contribution < 1.29 is 9.53 Å². The summed E-state index contributed by atoms with van der Waals surface area (Å²) in [4.78, 5) is 12.7. The van der Waals surface area contributed by atoms with E-state index < -0.39 is 0 Å². The molecule has 0 aromatic carbocycles. The normalized spacial score (nSPS) is 13.1. The lowest BCUT2D eigenvalue weighted by atomic mass is 10.0. The van der Waals surface area contributed by atoms with Crippen LogP contribution in [0.2, 0.25) is 4.34 Å². The minimum absolute atomic E-state index is 0.0313. The first-order chi connectivity index (χ1) is 7.06. The summed E-state index contributed by atoms with van der Waals surface area (Å²) in [6.45, 7) is 6.40. The average molecular weight is 247 g/mol. The molecule has 0 spiro atoms. The minimum Gasteiger partial charge on any atom is -0.370 e. The Balaban J connectivity index is 2.80. The van der Waals surface area contributed by atoms with E-state index in [1.165, 1.54) is 11.3 Å². The molecule has 1 atom stereocenters. The van der Waals surface area contributed by atoms with Crippen LogP contribution in [0.15, 0.2) is 12.1 Å². The maximum atomic E-state index is 12.0. The Kier molecular flexibility index (Phi) is 4.77. The summed E-state index contributed by atoms with van der Waals surface area (Å²) in [5.74, 6) is 0.210. The molecule has 1 rings (SSSR count). The van der Waals surface area contributed by atoms with Crippen molar-refractivity contribution in [3.63, 3.8) is 0 Å². The van der Waals surface area contributed by atoms with E-state index in [1.54, 1.807) is 12.1 Å². The van der Waals surface area contributed by atoms with Gasteiger partial charge in [-0.1, -0.05) is 25.4 Å². The number of thiophene rings is 1. The third-order valence-electron chi connectivity index (χ3n) is 2.03. The van der Waals surface area contributed by atoms with Crippen molar-refractivity contribution >= 4 is 28.7 Å². The zero-order valence-corrected chi connectivity index (χ0v) is 10.7. The predicted octanol–water partition coefficient (Wildman–Crippen LogP) is 3.65. The van der Waals surface area contributed by atoms with Crippen LogP contribution in [0.5, 0.6) is 0 Å². The van der Waals surface area contributed by atoms with E-state index in [2.05, 4.69) is 0 Å². The molecule has 0 saturated carbocycles. The highest BCUT2D eigenvalue weighted by molar-refractivity contribution is 7.18. The lowest BCUT2D eigenvalue weighted by Gasteiger charge is -2.18. The lowest BCUT2D eigenvalue weighted by molar-refractivity contribution is 0.0283. The van der Waals surface area contributed by atoms with Crippen LogP contribution in [0.3, 0.4) is 0 Å². The molecule has 15 heavy (non-hydrogen) atoms. The molecule has 0 aliphatic rings. The van der Waals surface area contributed by atoms with Gasteiger partial charge in [0, 0.05) is 6.61 Å². The summed E-state index contributed by atoms with van der Waals surface area (Å²) < 4.78 is 6.08. The minimum atomic E-state index is -0.357. The molecule has 0 amide bonds. The summed E-state index contributed by atoms with van der Waals surface area (Å²) in [6, 6.07) is 3.49. The summed E-state index contributed by atoms with van der Waals surface area (Å²) in [6.07, 6.45) is -0.357. The van der Waals surface area contributed by atoms with E-state index in [0.29, 0.717) is 15.8 Å². The van der Waals surface area contributed by atoms with E-state index in [1.807, 2.05) is 20.8 Å². The van der Waals surface area contributed by atoms with E-state index in [-0.39, 0.29) is 17.8 Å². The monoisotopic (exact) mass is 246 g/mol. The van der Waals surface area contributed by atoms with Crippen LogP contribution >= 0.6 is 22.9 Å². The zero-order valence-electron chi connectivity index (χ0n) is 9.12. The molecule has 0 radical (unpaired) electrons. The SMILES string of the molecule is CCOC(C(=O)c1ccc(Cl)s1)C(C)C. The van der Waals surface area contributed by atoms with Crippen molar-refractivity contribution in [1.29, 1.82) is 0 Å². The maximum Gasteiger partial charge on any atom is 0.201 e. The van der Waals surface area contributed by atoms with Crippen LogP contribution in [0, 0.1) is 5.92 Å². The van der Waals surface area contributed by atoms with Gasteiger partial charge in [0.2, 0.25) is 5.78 Å². The molecule has 1 heterocycles. The summed E-state index contributed by atoms with van der Waals surface area (Å²) in [5, 5.41) is 0. The van der Waals surface area contributed by atoms with Gasteiger partial charge in [0.25, 0.3) is 0 Å². The number of ketones is 1. The molecule has 84 valence electrons. The van der Waals surface area contributed by atoms with Gasteiger partial charge in [-0.15, -0.1) is 11.3 Å². The van der Waals surface area contributed by atoms with Gasteiger partial charge in [0.1, 0.15) is 6.10 Å². The Morgan fingerprint density at radius 1 is 1.53 bits per heavy atom. The molecule has 0 saturated heterocycles. The van der Waals surface area contributed by atoms with Crippen LogP contribution in [-0.4, -0.2) is 18.5 Å². The standard InChI is InChI=1S/C11H15ClO2S/c1-4-14-11(7(2)3)10(13)8-5-6-9(12)15-8/h5-7,11H,4H2,1-3H3. The van der Waals surface area contributed by atoms with Crippen LogP contribution in [0.4, 0.5) is 0 Å². The topological polar surface area (TPSA) is 26.3 Å². The smallest absolute Gasteiger partial charge is 0.201 e. The molecule has 0 fully saturated rings. The van der Waals surface area contributed by atoms with Gasteiger partial charge in [0.05, 0.1) is 9.21 Å². The van der Waals surface area contributed by atoms with Crippen LogP contribution in [0.1, 0.15) is 30.4 Å². The van der Waals surface area contributed by atoms with Gasteiger partial charge in [-0.25, -0.2) is 0 Å². The van der Waals surface area contributed by atoms with Crippen molar-refractivity contribution in [3.05, 3.63) is 21.3 Å². The molecule has 1 aromatic heterocycles. The fourth-order valence-corrected chi connectivity index (χ4v) is 2.35. The first kappa shape index (κ1) is 12.7. The van der Waals surface area contributed by atoms with E-state index >= 15 is 0 Å². The molecular weight excluding hydrogens is 232 g/mol. The highest BCUT2D eigenvalue weighted by Crippen LogP contribution is 2.24. The number of hydrogen-bond donors (Lipinski definition) is 0. The van der Waals surface area contributed by atoms with Gasteiger partial charge in [-0.2, -0.15) is 0 Å². The number of rotatable bonds is 5. The number of ether oxygens (including phenoxy) is 1. The predicted molar refractivity (Wildman–Crippen MR) is 63.9 cm³/mol. The van der Waals surface area contributed by atoms with Crippen LogP contribution < -0.4 is 0 Å². The lowest BCUT2D eigenvalue weighted by Crippen LogP contribution is -2.29. The Labute approximate surface area is 99.2 Å². The van der Waals surface area contributed by atoms with E-state index in [0.717, 1.165) is 0 Å². The van der Waals surface area contributed by atoms with Crippen molar-refractivity contribution in [1.82, 2.24) is 0 Å². The summed E-state index contributed by atoms with van der Waals surface area (Å²) >= 11 is 7.09. The van der Waals surface area contributed by atoms with Gasteiger partial charge in [0.15, 0.2) is 0 Å². The van der Waals surface area contributed by atoms with Gasteiger partial charge in [-0.05, 0) is 25.0 Å². The molecule has 0 N–H and O–H groups in total. The molecule has 0 aliphatic heterocycles. The molecule has 1 unspecified atom stereocenters. The Bertz CT molecular complexity index is 333. The zero-order chi connectivity index (χ0) is 11.4. The highest BCUT2D eigenvalue weighted by Gasteiger charge is 2.24. The molecule has 0 bridgehead atoms. The van der Waals surface area contributed by atoms with E-state index in [9.17, 15) is 4.79 Å². The number of hydrogen-bond acceptors (Lipinski definition) is 3. The summed E-state index contributed by atoms with van der Waals surface area (Å²) in [7, 11) is 0. The molecule has 2 nitrogen and oxygen atoms in total. The Hall–Kier alpha value is -0.380. The van der Waals surface area contributed by atoms with Crippen molar-refractivity contribution in [3.8, 4) is 0 Å². The number of carbonyl (C=O) groups is 1. The van der Waals surface area contributed by atoms with Crippen LogP contribution in [0.25, 0.3) is 0 Å². The quantitative estimate of drug-likeness (QED) is 0.742. The Morgan fingerprint density at radius 3 is 2.60 bits per heavy atom. The fraction of sp³-hybridized carbons (Fsp3) is 0.545. The second-order valence-corrected chi connectivity index (χ2v) is 5.30. The number of Topliss-reactive ketones (excluding diaryl/α,β-unsaturated/α-hetero) is 1. The first-order valence-corrected chi connectivity index (χ1v) is 6.16. The summed E-state index contributed by atoms with van der Waals surface area (Å²) in [5.41, 5.74) is 0. The van der Waals surface area contributed by atoms with Crippen molar-refractivity contribution in [2.24, 2.45) is 5.92 Å². The van der Waals surface area contributed by atoms with Crippen molar-refractivity contribution in [2.45, 2.75) is 26.9 Å². The van der Waals surface area contributed by atoms with Crippen LogP contribution in [-0.2, 0) is 4.74 Å². The average Bonchev–Trinajstić information content (AvgIpc) is 2.59. The second kappa shape index (κ2) is 5.64. The molecular formula is C11H15ClO2S. The number of carbonyl (C=O) groups excluding carboxylic acids is 1. The molecule has 4 heteroatoms. The third-order valence-corrected chi connectivity index (χ3v) is 3.27. The fourth-order valence-electron chi connectivity index (χ4n) is 1.34. The maximum absolute atomic E-state index is 12.0. The van der Waals surface area contributed by atoms with Gasteiger partial charge in [-0.3, -0.25) is 4.79 Å². The Morgan fingerprint density at radius 2 is 2.20 bits per heavy atom. The number of halogens is 1.